The number of ether oxygens (including phenoxy) is 1. The summed E-state index contributed by atoms with van der Waals surface area (Å²) >= 11 is 12.3. The number of aryl methyl sites for hydroxylation is 1. The van der Waals surface area contributed by atoms with Gasteiger partial charge < -0.3 is 10.1 Å². The van der Waals surface area contributed by atoms with Crippen molar-refractivity contribution in [2.75, 3.05) is 11.9 Å². The summed E-state index contributed by atoms with van der Waals surface area (Å²) in [5.41, 5.74) is 3.17. The number of halogens is 2. The molecular formula is C17H19Cl2NO. The number of hydrogen-bond acceptors (Lipinski definition) is 2. The van der Waals surface area contributed by atoms with Crippen LogP contribution in [-0.4, -0.2) is 6.61 Å². The zero-order chi connectivity index (χ0) is 15.4. The Morgan fingerprint density at radius 2 is 1.90 bits per heavy atom. The first kappa shape index (κ1) is 16.0. The van der Waals surface area contributed by atoms with Crippen molar-refractivity contribution in [1.82, 2.24) is 0 Å². The van der Waals surface area contributed by atoms with Gasteiger partial charge in [-0.1, -0.05) is 23.2 Å². The maximum atomic E-state index is 6.24. The Kier molecular flexibility index (Phi) is 5.38. The van der Waals surface area contributed by atoms with E-state index in [2.05, 4.69) is 19.2 Å². The van der Waals surface area contributed by atoms with Crippen LogP contribution < -0.4 is 10.1 Å². The highest BCUT2D eigenvalue weighted by Crippen LogP contribution is 2.30. The maximum absolute atomic E-state index is 6.24. The lowest BCUT2D eigenvalue weighted by atomic mass is 10.1. The van der Waals surface area contributed by atoms with E-state index in [0.29, 0.717) is 16.7 Å². The highest BCUT2D eigenvalue weighted by atomic mass is 35.5. The molecule has 4 heteroatoms. The second-order valence-corrected chi connectivity index (χ2v) is 5.79. The second kappa shape index (κ2) is 7.06. The Labute approximate surface area is 136 Å². The smallest absolute Gasteiger partial charge is 0.119 e. The standard InChI is InChI=1S/C17H19Cl2NO/c1-4-21-14-6-8-17(11(2)9-14)20-12(3)15-10-13(18)5-7-16(15)19/h5-10,12,20H,4H2,1-3H3. The van der Waals surface area contributed by atoms with E-state index < -0.39 is 0 Å². The van der Waals surface area contributed by atoms with Crippen molar-refractivity contribution in [1.29, 1.82) is 0 Å². The lowest BCUT2D eigenvalue weighted by Crippen LogP contribution is -2.08. The first-order valence-electron chi connectivity index (χ1n) is 6.96. The number of nitrogens with one attached hydrogen (secondary N) is 1. The third-order valence-corrected chi connectivity index (χ3v) is 3.88. The molecule has 1 atom stereocenters. The van der Waals surface area contributed by atoms with Gasteiger partial charge in [-0.15, -0.1) is 0 Å². The summed E-state index contributed by atoms with van der Waals surface area (Å²) in [6.07, 6.45) is 0. The molecule has 21 heavy (non-hydrogen) atoms. The van der Waals surface area contributed by atoms with Gasteiger partial charge in [0.25, 0.3) is 0 Å². The molecule has 0 radical (unpaired) electrons. The van der Waals surface area contributed by atoms with Gasteiger partial charge in [-0.3, -0.25) is 0 Å². The molecule has 2 nitrogen and oxygen atoms in total. The van der Waals surface area contributed by atoms with Crippen LogP contribution in [-0.2, 0) is 0 Å². The fourth-order valence-corrected chi connectivity index (χ4v) is 2.67. The van der Waals surface area contributed by atoms with E-state index in [0.717, 1.165) is 22.6 Å². The predicted octanol–water partition coefficient (Wildman–Crippen LogP) is 5.87. The van der Waals surface area contributed by atoms with Gasteiger partial charge in [-0.2, -0.15) is 0 Å². The lowest BCUT2D eigenvalue weighted by Gasteiger charge is -2.19. The molecule has 112 valence electrons. The van der Waals surface area contributed by atoms with Gasteiger partial charge in [0.2, 0.25) is 0 Å². The predicted molar refractivity (Wildman–Crippen MR) is 90.8 cm³/mol. The fourth-order valence-electron chi connectivity index (χ4n) is 2.21. The van der Waals surface area contributed by atoms with Crippen molar-refractivity contribution in [3.05, 3.63) is 57.6 Å². The molecule has 0 amide bonds. The minimum atomic E-state index is 0.0628. The van der Waals surface area contributed by atoms with Gasteiger partial charge in [-0.05, 0) is 68.3 Å². The van der Waals surface area contributed by atoms with Crippen LogP contribution in [0.4, 0.5) is 5.69 Å². The first-order valence-corrected chi connectivity index (χ1v) is 7.71. The van der Waals surface area contributed by atoms with Crippen LogP contribution >= 0.6 is 23.2 Å². The minimum Gasteiger partial charge on any atom is -0.494 e. The summed E-state index contributed by atoms with van der Waals surface area (Å²) in [4.78, 5) is 0. The van der Waals surface area contributed by atoms with E-state index in [-0.39, 0.29) is 6.04 Å². The van der Waals surface area contributed by atoms with Gasteiger partial charge in [-0.25, -0.2) is 0 Å². The van der Waals surface area contributed by atoms with Crippen LogP contribution in [0.2, 0.25) is 10.0 Å². The summed E-state index contributed by atoms with van der Waals surface area (Å²) in [5, 5.41) is 4.86. The fraction of sp³-hybridized carbons (Fsp3) is 0.294. The maximum Gasteiger partial charge on any atom is 0.119 e. The van der Waals surface area contributed by atoms with E-state index in [4.69, 9.17) is 27.9 Å². The largest absolute Gasteiger partial charge is 0.494 e. The van der Waals surface area contributed by atoms with Gasteiger partial charge in [0, 0.05) is 15.7 Å². The molecule has 0 heterocycles. The number of anilines is 1. The van der Waals surface area contributed by atoms with Gasteiger partial charge in [0.1, 0.15) is 5.75 Å². The Hall–Kier alpha value is -1.38. The molecule has 0 aliphatic carbocycles. The highest BCUT2D eigenvalue weighted by Gasteiger charge is 2.11. The van der Waals surface area contributed by atoms with Crippen LogP contribution in [0.1, 0.15) is 31.0 Å². The van der Waals surface area contributed by atoms with E-state index in [1.807, 2.05) is 37.3 Å². The Balaban J connectivity index is 2.19. The van der Waals surface area contributed by atoms with Gasteiger partial charge >= 0.3 is 0 Å². The monoisotopic (exact) mass is 323 g/mol. The minimum absolute atomic E-state index is 0.0628. The SMILES string of the molecule is CCOc1ccc(NC(C)c2cc(Cl)ccc2Cl)c(C)c1. The highest BCUT2D eigenvalue weighted by molar-refractivity contribution is 6.33. The lowest BCUT2D eigenvalue weighted by molar-refractivity contribution is 0.340. The molecule has 1 N–H and O–H groups in total. The first-order chi connectivity index (χ1) is 10.0. The molecule has 2 rings (SSSR count). The topological polar surface area (TPSA) is 21.3 Å². The molecule has 2 aromatic carbocycles. The second-order valence-electron chi connectivity index (χ2n) is 4.94. The Morgan fingerprint density at radius 1 is 1.14 bits per heavy atom. The number of benzene rings is 2. The van der Waals surface area contributed by atoms with Crippen molar-refractivity contribution < 1.29 is 4.74 Å². The van der Waals surface area contributed by atoms with E-state index in [1.54, 1.807) is 6.07 Å². The Morgan fingerprint density at radius 3 is 2.57 bits per heavy atom. The molecule has 0 aromatic heterocycles. The molecule has 1 unspecified atom stereocenters. The van der Waals surface area contributed by atoms with Crippen LogP contribution in [0, 0.1) is 6.92 Å². The van der Waals surface area contributed by atoms with Crippen molar-refractivity contribution in [2.45, 2.75) is 26.8 Å². The molecule has 0 fully saturated rings. The molecule has 0 bridgehead atoms. The van der Waals surface area contributed by atoms with E-state index in [1.165, 1.54) is 0 Å². The average Bonchev–Trinajstić information content (AvgIpc) is 2.44. The van der Waals surface area contributed by atoms with Crippen LogP contribution in [0.5, 0.6) is 5.75 Å². The summed E-state index contributed by atoms with van der Waals surface area (Å²) in [5.74, 6) is 0.883. The van der Waals surface area contributed by atoms with E-state index in [9.17, 15) is 0 Å². The molecule has 0 aliphatic rings. The third-order valence-electron chi connectivity index (χ3n) is 3.31. The normalized spacial score (nSPS) is 12.0. The van der Waals surface area contributed by atoms with Crippen LogP contribution in [0.3, 0.4) is 0 Å². The van der Waals surface area contributed by atoms with Gasteiger partial charge in [0.05, 0.1) is 12.6 Å². The summed E-state index contributed by atoms with van der Waals surface area (Å²) in [7, 11) is 0. The molecule has 0 saturated heterocycles. The summed E-state index contributed by atoms with van der Waals surface area (Å²) < 4.78 is 5.50. The van der Waals surface area contributed by atoms with Crippen LogP contribution in [0.15, 0.2) is 36.4 Å². The van der Waals surface area contributed by atoms with Crippen LogP contribution in [0.25, 0.3) is 0 Å². The van der Waals surface area contributed by atoms with Crippen molar-refractivity contribution in [3.8, 4) is 5.75 Å². The number of hydrogen-bond donors (Lipinski definition) is 1. The van der Waals surface area contributed by atoms with Crippen molar-refractivity contribution in [3.63, 3.8) is 0 Å². The molecule has 0 spiro atoms. The van der Waals surface area contributed by atoms with Gasteiger partial charge in [0.15, 0.2) is 0 Å². The van der Waals surface area contributed by atoms with Crippen molar-refractivity contribution >= 4 is 28.9 Å². The molecule has 2 aromatic rings. The molecular weight excluding hydrogens is 305 g/mol. The number of rotatable bonds is 5. The molecule has 0 aliphatic heterocycles. The quantitative estimate of drug-likeness (QED) is 0.742. The van der Waals surface area contributed by atoms with E-state index >= 15 is 0 Å². The molecule has 0 saturated carbocycles. The zero-order valence-corrected chi connectivity index (χ0v) is 13.9. The summed E-state index contributed by atoms with van der Waals surface area (Å²) in [6.45, 7) is 6.76. The summed E-state index contributed by atoms with van der Waals surface area (Å²) in [6, 6.07) is 11.6. The van der Waals surface area contributed by atoms with Crippen molar-refractivity contribution in [2.24, 2.45) is 0 Å². The zero-order valence-electron chi connectivity index (χ0n) is 12.4. The Bertz CT molecular complexity index is 628. The average molecular weight is 324 g/mol. The third kappa shape index (κ3) is 4.05.